The number of nitrogens with one attached hydrogen (secondary N) is 1. The Kier molecular flexibility index (Phi) is 8.46. The Morgan fingerprint density at radius 2 is 1.71 bits per heavy atom. The van der Waals surface area contributed by atoms with Crippen molar-refractivity contribution in [3.8, 4) is 0 Å². The number of amides is 2. The number of likely N-dealkylation sites (tertiary alicyclic amines) is 1. The Morgan fingerprint density at radius 3 is 2.37 bits per heavy atom. The van der Waals surface area contributed by atoms with Crippen molar-refractivity contribution in [1.82, 2.24) is 24.7 Å². The standard InChI is InChI=1S/C25H32Cl2N6O2/c1-17-23(29-16-30-24(17)28-8-5-19-3-4-21(26)22(27)15-19)25(35)33-9-6-20(7-10-33)32-13-11-31(12-14-32)18(2)34/h3-4,15-16,20H,5-14H2,1-2H3,(H,28,29,30). The number of aromatic nitrogens is 2. The van der Waals surface area contributed by atoms with Crippen LogP contribution in [0, 0.1) is 6.92 Å². The van der Waals surface area contributed by atoms with Gasteiger partial charge in [-0.1, -0.05) is 29.3 Å². The van der Waals surface area contributed by atoms with Crippen LogP contribution in [0.4, 0.5) is 5.82 Å². The van der Waals surface area contributed by atoms with Crippen LogP contribution in [-0.4, -0.2) is 88.3 Å². The van der Waals surface area contributed by atoms with E-state index in [1.807, 2.05) is 28.9 Å². The number of anilines is 1. The summed E-state index contributed by atoms with van der Waals surface area (Å²) in [6.07, 6.45) is 4.07. The van der Waals surface area contributed by atoms with Crippen molar-refractivity contribution in [2.45, 2.75) is 39.2 Å². The summed E-state index contributed by atoms with van der Waals surface area (Å²) < 4.78 is 0. The molecule has 0 saturated carbocycles. The number of piperidine rings is 1. The predicted octanol–water partition coefficient (Wildman–Crippen LogP) is 3.52. The Balaban J connectivity index is 1.30. The zero-order valence-electron chi connectivity index (χ0n) is 20.3. The second kappa shape index (κ2) is 11.5. The molecule has 1 aromatic heterocycles. The lowest BCUT2D eigenvalue weighted by Crippen LogP contribution is -2.54. The van der Waals surface area contributed by atoms with Gasteiger partial charge in [0.1, 0.15) is 17.8 Å². The molecule has 1 aromatic carbocycles. The van der Waals surface area contributed by atoms with Crippen LogP contribution in [0.5, 0.6) is 0 Å². The minimum absolute atomic E-state index is 0.0442. The summed E-state index contributed by atoms with van der Waals surface area (Å²) in [6, 6.07) is 6.06. The molecule has 2 fully saturated rings. The highest BCUT2D eigenvalue weighted by molar-refractivity contribution is 6.42. The zero-order chi connectivity index (χ0) is 24.9. The molecule has 4 rings (SSSR count). The lowest BCUT2D eigenvalue weighted by atomic mass is 10.0. The maximum Gasteiger partial charge on any atom is 0.272 e. The molecule has 35 heavy (non-hydrogen) atoms. The van der Waals surface area contributed by atoms with Crippen LogP contribution in [-0.2, 0) is 11.2 Å². The van der Waals surface area contributed by atoms with E-state index < -0.39 is 0 Å². The number of rotatable bonds is 6. The quantitative estimate of drug-likeness (QED) is 0.629. The van der Waals surface area contributed by atoms with E-state index in [9.17, 15) is 9.59 Å². The number of hydrogen-bond acceptors (Lipinski definition) is 6. The van der Waals surface area contributed by atoms with Crippen LogP contribution in [0.25, 0.3) is 0 Å². The summed E-state index contributed by atoms with van der Waals surface area (Å²) >= 11 is 12.1. The molecule has 2 saturated heterocycles. The van der Waals surface area contributed by atoms with Gasteiger partial charge in [-0.2, -0.15) is 0 Å². The van der Waals surface area contributed by atoms with Gasteiger partial charge in [0.25, 0.3) is 5.91 Å². The van der Waals surface area contributed by atoms with Gasteiger partial charge in [-0.25, -0.2) is 9.97 Å². The van der Waals surface area contributed by atoms with Crippen molar-refractivity contribution in [2.24, 2.45) is 0 Å². The average Bonchev–Trinajstić information content (AvgIpc) is 2.87. The molecule has 2 aliphatic heterocycles. The molecular weight excluding hydrogens is 487 g/mol. The van der Waals surface area contributed by atoms with Crippen molar-refractivity contribution in [3.05, 3.63) is 51.4 Å². The first-order valence-corrected chi connectivity index (χ1v) is 12.9. The fraction of sp³-hybridized carbons (Fsp3) is 0.520. The number of halogens is 2. The monoisotopic (exact) mass is 518 g/mol. The van der Waals surface area contributed by atoms with Crippen molar-refractivity contribution in [1.29, 1.82) is 0 Å². The maximum atomic E-state index is 13.3. The lowest BCUT2D eigenvalue weighted by molar-refractivity contribution is -0.131. The minimum atomic E-state index is -0.0442. The molecular formula is C25H32Cl2N6O2. The van der Waals surface area contributed by atoms with Crippen LogP contribution in [0.15, 0.2) is 24.5 Å². The van der Waals surface area contributed by atoms with E-state index in [1.165, 1.54) is 6.33 Å². The van der Waals surface area contributed by atoms with Gasteiger partial charge >= 0.3 is 0 Å². The first-order valence-electron chi connectivity index (χ1n) is 12.1. The van der Waals surface area contributed by atoms with Gasteiger partial charge in [0, 0.05) is 64.3 Å². The molecule has 188 valence electrons. The third-order valence-electron chi connectivity index (χ3n) is 7.00. The number of nitrogens with zero attached hydrogens (tertiary/aromatic N) is 5. The zero-order valence-corrected chi connectivity index (χ0v) is 21.8. The van der Waals surface area contributed by atoms with Crippen LogP contribution < -0.4 is 5.32 Å². The Labute approximate surface area is 216 Å². The summed E-state index contributed by atoms with van der Waals surface area (Å²) in [5.41, 5.74) is 2.28. The van der Waals surface area contributed by atoms with Crippen molar-refractivity contribution < 1.29 is 9.59 Å². The summed E-state index contributed by atoms with van der Waals surface area (Å²) in [5, 5.41) is 4.40. The van der Waals surface area contributed by atoms with Gasteiger partial charge in [0.2, 0.25) is 5.91 Å². The van der Waals surface area contributed by atoms with Crippen LogP contribution in [0.3, 0.4) is 0 Å². The molecule has 0 bridgehead atoms. The molecule has 2 aliphatic rings. The van der Waals surface area contributed by atoms with Crippen molar-refractivity contribution in [2.75, 3.05) is 51.1 Å². The van der Waals surface area contributed by atoms with Gasteiger partial charge in [0.15, 0.2) is 0 Å². The second-order valence-corrected chi connectivity index (χ2v) is 10.0. The van der Waals surface area contributed by atoms with E-state index in [1.54, 1.807) is 13.0 Å². The third-order valence-corrected chi connectivity index (χ3v) is 7.74. The molecule has 1 N–H and O–H groups in total. The number of carbonyl (C=O) groups is 2. The highest BCUT2D eigenvalue weighted by Gasteiger charge is 2.31. The SMILES string of the molecule is CC(=O)N1CCN(C2CCN(C(=O)c3ncnc(NCCc4ccc(Cl)c(Cl)c4)c3C)CC2)CC1. The van der Waals surface area contributed by atoms with E-state index in [0.29, 0.717) is 47.2 Å². The molecule has 2 aromatic rings. The summed E-state index contributed by atoms with van der Waals surface area (Å²) in [5.74, 6) is 0.771. The van der Waals surface area contributed by atoms with Crippen LogP contribution in [0.2, 0.25) is 10.0 Å². The van der Waals surface area contributed by atoms with Gasteiger partial charge < -0.3 is 15.1 Å². The first-order chi connectivity index (χ1) is 16.8. The fourth-order valence-corrected chi connectivity index (χ4v) is 5.17. The minimum Gasteiger partial charge on any atom is -0.369 e. The van der Waals surface area contributed by atoms with Gasteiger partial charge in [0.05, 0.1) is 10.0 Å². The number of piperazine rings is 1. The molecule has 0 atom stereocenters. The maximum absolute atomic E-state index is 13.3. The van der Waals surface area contributed by atoms with E-state index in [0.717, 1.165) is 56.6 Å². The number of carbonyl (C=O) groups excluding carboxylic acids is 2. The number of benzene rings is 1. The Hall–Kier alpha value is -2.42. The summed E-state index contributed by atoms with van der Waals surface area (Å²) in [6.45, 7) is 8.96. The van der Waals surface area contributed by atoms with E-state index in [-0.39, 0.29) is 11.8 Å². The fourth-order valence-electron chi connectivity index (χ4n) is 4.85. The molecule has 3 heterocycles. The van der Waals surface area contributed by atoms with Crippen molar-refractivity contribution >= 4 is 40.8 Å². The molecule has 0 aliphatic carbocycles. The number of hydrogen-bond donors (Lipinski definition) is 1. The third kappa shape index (κ3) is 6.23. The first kappa shape index (κ1) is 25.7. The predicted molar refractivity (Wildman–Crippen MR) is 138 cm³/mol. The van der Waals surface area contributed by atoms with Gasteiger partial charge in [-0.15, -0.1) is 0 Å². The smallest absolute Gasteiger partial charge is 0.272 e. The highest BCUT2D eigenvalue weighted by Crippen LogP contribution is 2.24. The lowest BCUT2D eigenvalue weighted by Gasteiger charge is -2.42. The largest absolute Gasteiger partial charge is 0.369 e. The molecule has 10 heteroatoms. The van der Waals surface area contributed by atoms with E-state index >= 15 is 0 Å². The van der Waals surface area contributed by atoms with Crippen LogP contribution in [0.1, 0.15) is 41.4 Å². The summed E-state index contributed by atoms with van der Waals surface area (Å²) in [4.78, 5) is 39.8. The highest BCUT2D eigenvalue weighted by atomic mass is 35.5. The van der Waals surface area contributed by atoms with E-state index in [4.69, 9.17) is 23.2 Å². The molecule has 0 radical (unpaired) electrons. The topological polar surface area (TPSA) is 81.7 Å². The normalized spacial score (nSPS) is 17.5. The van der Waals surface area contributed by atoms with Crippen LogP contribution >= 0.6 is 23.2 Å². The molecule has 0 spiro atoms. The molecule has 8 nitrogen and oxygen atoms in total. The second-order valence-electron chi connectivity index (χ2n) is 9.19. The van der Waals surface area contributed by atoms with Gasteiger partial charge in [-0.05, 0) is 43.9 Å². The van der Waals surface area contributed by atoms with E-state index in [2.05, 4.69) is 20.2 Å². The molecule has 2 amide bonds. The van der Waals surface area contributed by atoms with Gasteiger partial charge in [-0.3, -0.25) is 14.5 Å². The Bertz CT molecular complexity index is 1070. The average molecular weight is 519 g/mol. The molecule has 0 unspecified atom stereocenters. The van der Waals surface area contributed by atoms with Crippen molar-refractivity contribution in [3.63, 3.8) is 0 Å². The Morgan fingerprint density at radius 1 is 1.00 bits per heavy atom. The summed E-state index contributed by atoms with van der Waals surface area (Å²) in [7, 11) is 0.